The minimum atomic E-state index is 0.532. The zero-order chi connectivity index (χ0) is 10.1. The standard InChI is InChI=1S/C12H25N/c1-9(2)8-11-12(5,10(3)4)6-7-13-11/h9-11,13H,6-8H2,1-5H3. The van der Waals surface area contributed by atoms with E-state index >= 15 is 0 Å². The Kier molecular flexibility index (Phi) is 3.39. The van der Waals surface area contributed by atoms with Crippen molar-refractivity contribution in [3.05, 3.63) is 0 Å². The third-order valence-corrected chi connectivity index (χ3v) is 3.88. The smallest absolute Gasteiger partial charge is 0.0126 e. The van der Waals surface area contributed by atoms with E-state index in [4.69, 9.17) is 0 Å². The fourth-order valence-corrected chi connectivity index (χ4v) is 2.44. The molecule has 2 atom stereocenters. The Morgan fingerprint density at radius 1 is 1.31 bits per heavy atom. The molecule has 2 unspecified atom stereocenters. The molecule has 1 heteroatoms. The van der Waals surface area contributed by atoms with Crippen LogP contribution in [0.15, 0.2) is 0 Å². The molecule has 0 aromatic heterocycles. The molecule has 0 aromatic rings. The van der Waals surface area contributed by atoms with Gasteiger partial charge >= 0.3 is 0 Å². The van der Waals surface area contributed by atoms with E-state index in [1.54, 1.807) is 0 Å². The maximum atomic E-state index is 3.66. The molecule has 0 aliphatic carbocycles. The molecule has 1 nitrogen and oxygen atoms in total. The molecule has 1 rings (SSSR count). The molecule has 78 valence electrons. The molecular weight excluding hydrogens is 158 g/mol. The van der Waals surface area contributed by atoms with E-state index in [1.807, 2.05) is 0 Å². The van der Waals surface area contributed by atoms with Crippen LogP contribution in [-0.4, -0.2) is 12.6 Å². The van der Waals surface area contributed by atoms with E-state index in [1.165, 1.54) is 19.4 Å². The number of rotatable bonds is 3. The van der Waals surface area contributed by atoms with Gasteiger partial charge in [0.1, 0.15) is 0 Å². The second-order valence-corrected chi connectivity index (χ2v) is 5.55. The van der Waals surface area contributed by atoms with Gasteiger partial charge in [-0.3, -0.25) is 0 Å². The van der Waals surface area contributed by atoms with Gasteiger partial charge in [0.05, 0.1) is 0 Å². The van der Waals surface area contributed by atoms with E-state index in [2.05, 4.69) is 39.9 Å². The molecule has 0 radical (unpaired) electrons. The van der Waals surface area contributed by atoms with Gasteiger partial charge in [-0.1, -0.05) is 34.6 Å². The maximum Gasteiger partial charge on any atom is 0.0126 e. The van der Waals surface area contributed by atoms with Gasteiger partial charge in [0.15, 0.2) is 0 Å². The van der Waals surface area contributed by atoms with Gasteiger partial charge in [-0.25, -0.2) is 0 Å². The van der Waals surface area contributed by atoms with Gasteiger partial charge in [0, 0.05) is 6.04 Å². The van der Waals surface area contributed by atoms with Crippen LogP contribution >= 0.6 is 0 Å². The van der Waals surface area contributed by atoms with Crippen molar-refractivity contribution in [1.29, 1.82) is 0 Å². The summed E-state index contributed by atoms with van der Waals surface area (Å²) in [7, 11) is 0. The van der Waals surface area contributed by atoms with Gasteiger partial charge in [-0.15, -0.1) is 0 Å². The van der Waals surface area contributed by atoms with Crippen LogP contribution in [0.4, 0.5) is 0 Å². The van der Waals surface area contributed by atoms with Crippen LogP contribution in [0.2, 0.25) is 0 Å². The Hall–Kier alpha value is -0.0400. The van der Waals surface area contributed by atoms with Crippen molar-refractivity contribution in [2.75, 3.05) is 6.54 Å². The van der Waals surface area contributed by atoms with Crippen molar-refractivity contribution in [3.8, 4) is 0 Å². The summed E-state index contributed by atoms with van der Waals surface area (Å²) in [5.41, 5.74) is 0.532. The van der Waals surface area contributed by atoms with Crippen LogP contribution in [0.25, 0.3) is 0 Å². The Balaban J connectivity index is 2.62. The largest absolute Gasteiger partial charge is 0.313 e. The number of hydrogen-bond donors (Lipinski definition) is 1. The average Bonchev–Trinajstić information content (AvgIpc) is 2.33. The lowest BCUT2D eigenvalue weighted by molar-refractivity contribution is 0.171. The van der Waals surface area contributed by atoms with E-state index in [9.17, 15) is 0 Å². The van der Waals surface area contributed by atoms with E-state index < -0.39 is 0 Å². The van der Waals surface area contributed by atoms with Crippen molar-refractivity contribution < 1.29 is 0 Å². The summed E-state index contributed by atoms with van der Waals surface area (Å²) in [5, 5.41) is 3.66. The zero-order valence-corrected chi connectivity index (χ0v) is 9.85. The topological polar surface area (TPSA) is 12.0 Å². The minimum absolute atomic E-state index is 0.532. The average molecular weight is 183 g/mol. The lowest BCUT2D eigenvalue weighted by Crippen LogP contribution is -2.39. The van der Waals surface area contributed by atoms with E-state index in [0.717, 1.165) is 17.9 Å². The lowest BCUT2D eigenvalue weighted by atomic mass is 9.71. The Bertz CT molecular complexity index is 163. The molecule has 1 N–H and O–H groups in total. The van der Waals surface area contributed by atoms with Gasteiger partial charge in [-0.05, 0) is 36.6 Å². The van der Waals surface area contributed by atoms with Gasteiger partial charge in [0.25, 0.3) is 0 Å². The normalized spacial score (nSPS) is 34.8. The molecule has 0 amide bonds. The highest BCUT2D eigenvalue weighted by molar-refractivity contribution is 4.95. The van der Waals surface area contributed by atoms with E-state index in [-0.39, 0.29) is 0 Å². The van der Waals surface area contributed by atoms with Gasteiger partial charge in [-0.2, -0.15) is 0 Å². The maximum absolute atomic E-state index is 3.66. The molecule has 0 bridgehead atoms. The Morgan fingerprint density at radius 2 is 1.92 bits per heavy atom. The number of nitrogens with one attached hydrogen (secondary N) is 1. The van der Waals surface area contributed by atoms with Crippen molar-refractivity contribution in [3.63, 3.8) is 0 Å². The highest BCUT2D eigenvalue weighted by atomic mass is 15.0. The fourth-order valence-electron chi connectivity index (χ4n) is 2.44. The van der Waals surface area contributed by atoms with Crippen LogP contribution < -0.4 is 5.32 Å². The summed E-state index contributed by atoms with van der Waals surface area (Å²) in [4.78, 5) is 0. The summed E-state index contributed by atoms with van der Waals surface area (Å²) < 4.78 is 0. The Labute approximate surface area is 83.3 Å². The van der Waals surface area contributed by atoms with Crippen LogP contribution in [0.1, 0.15) is 47.5 Å². The third-order valence-electron chi connectivity index (χ3n) is 3.88. The SMILES string of the molecule is CC(C)CC1NCCC1(C)C(C)C. The summed E-state index contributed by atoms with van der Waals surface area (Å²) in [6.45, 7) is 13.0. The first kappa shape index (κ1) is 11.0. The molecule has 0 saturated carbocycles. The Morgan fingerprint density at radius 3 is 2.38 bits per heavy atom. The minimum Gasteiger partial charge on any atom is -0.313 e. The van der Waals surface area contributed by atoms with Crippen molar-refractivity contribution in [1.82, 2.24) is 5.32 Å². The van der Waals surface area contributed by atoms with Crippen molar-refractivity contribution >= 4 is 0 Å². The zero-order valence-electron chi connectivity index (χ0n) is 9.85. The monoisotopic (exact) mass is 183 g/mol. The van der Waals surface area contributed by atoms with Gasteiger partial charge in [0.2, 0.25) is 0 Å². The summed E-state index contributed by atoms with van der Waals surface area (Å²) >= 11 is 0. The van der Waals surface area contributed by atoms with E-state index in [0.29, 0.717) is 5.41 Å². The molecule has 1 fully saturated rings. The predicted molar refractivity (Wildman–Crippen MR) is 58.8 cm³/mol. The van der Waals surface area contributed by atoms with Gasteiger partial charge < -0.3 is 5.32 Å². The molecular formula is C12H25N. The first-order valence-electron chi connectivity index (χ1n) is 5.70. The third kappa shape index (κ3) is 2.25. The number of hydrogen-bond acceptors (Lipinski definition) is 1. The molecule has 1 heterocycles. The van der Waals surface area contributed by atoms with Crippen LogP contribution in [0, 0.1) is 17.3 Å². The first-order valence-corrected chi connectivity index (χ1v) is 5.70. The molecule has 1 aliphatic heterocycles. The fraction of sp³-hybridized carbons (Fsp3) is 1.00. The highest BCUT2D eigenvalue weighted by Crippen LogP contribution is 2.40. The highest BCUT2D eigenvalue weighted by Gasteiger charge is 2.40. The summed E-state index contributed by atoms with van der Waals surface area (Å²) in [5.74, 6) is 1.61. The lowest BCUT2D eigenvalue weighted by Gasteiger charge is -2.36. The molecule has 0 spiro atoms. The molecule has 1 aliphatic rings. The first-order chi connectivity index (χ1) is 5.97. The second-order valence-electron chi connectivity index (χ2n) is 5.55. The van der Waals surface area contributed by atoms with Crippen molar-refractivity contribution in [2.45, 2.75) is 53.5 Å². The molecule has 13 heavy (non-hydrogen) atoms. The quantitative estimate of drug-likeness (QED) is 0.709. The summed E-state index contributed by atoms with van der Waals surface area (Å²) in [6, 6.07) is 0.743. The molecule has 0 aromatic carbocycles. The predicted octanol–water partition coefficient (Wildman–Crippen LogP) is 3.06. The van der Waals surface area contributed by atoms with Crippen LogP contribution in [0.3, 0.4) is 0 Å². The van der Waals surface area contributed by atoms with Crippen LogP contribution in [0.5, 0.6) is 0 Å². The van der Waals surface area contributed by atoms with Crippen LogP contribution in [-0.2, 0) is 0 Å². The summed E-state index contributed by atoms with van der Waals surface area (Å²) in [6.07, 6.45) is 2.68. The second kappa shape index (κ2) is 4.00. The van der Waals surface area contributed by atoms with Crippen molar-refractivity contribution in [2.24, 2.45) is 17.3 Å². The molecule has 1 saturated heterocycles.